The van der Waals surface area contributed by atoms with Gasteiger partial charge in [-0.25, -0.2) is 4.79 Å². The van der Waals surface area contributed by atoms with Gasteiger partial charge in [0, 0.05) is 0 Å². The molecule has 2 amide bonds. The van der Waals surface area contributed by atoms with Crippen LogP contribution in [0.25, 0.3) is 0 Å². The summed E-state index contributed by atoms with van der Waals surface area (Å²) in [5.74, 6) is 0. The van der Waals surface area contributed by atoms with E-state index >= 15 is 0 Å². The van der Waals surface area contributed by atoms with Gasteiger partial charge in [0.15, 0.2) is 0 Å². The van der Waals surface area contributed by atoms with E-state index in [1.807, 2.05) is 0 Å². The molecule has 0 saturated heterocycles. The van der Waals surface area contributed by atoms with Gasteiger partial charge in [0.05, 0.1) is 0 Å². The maximum atomic E-state index is 9.94. The van der Waals surface area contributed by atoms with Crippen LogP contribution in [0, 0.1) is 0 Å². The maximum Gasteiger partial charge on any atom is 0.317 e. The van der Waals surface area contributed by atoms with Crippen molar-refractivity contribution in [3.05, 3.63) is 12.7 Å². The summed E-state index contributed by atoms with van der Waals surface area (Å²) < 4.78 is 0. The molecule has 0 aromatic heterocycles. The third-order valence-electron chi connectivity index (χ3n) is 0.432. The first-order chi connectivity index (χ1) is 3.66. The molecular formula is C4H6N2OS. The number of carbonyl (C=O) groups is 1. The van der Waals surface area contributed by atoms with E-state index in [-0.39, 0.29) is 4.99 Å². The quantitative estimate of drug-likeness (QED) is 0.392. The molecule has 0 saturated carbocycles. The topological polar surface area (TPSA) is 55.1 Å². The van der Waals surface area contributed by atoms with Crippen LogP contribution in [-0.4, -0.2) is 11.0 Å². The van der Waals surface area contributed by atoms with Crippen LogP contribution >= 0.6 is 12.2 Å². The van der Waals surface area contributed by atoms with Crippen LogP contribution in [0.3, 0.4) is 0 Å². The van der Waals surface area contributed by atoms with Crippen molar-refractivity contribution in [1.29, 1.82) is 0 Å². The Morgan fingerprint density at radius 2 is 2.38 bits per heavy atom. The molecule has 0 bridgehead atoms. The number of urea groups is 1. The normalized spacial score (nSPS) is 7.50. The van der Waals surface area contributed by atoms with Crippen molar-refractivity contribution in [3.63, 3.8) is 0 Å². The van der Waals surface area contributed by atoms with Crippen molar-refractivity contribution in [2.45, 2.75) is 0 Å². The molecule has 0 spiro atoms. The average molecular weight is 130 g/mol. The minimum Gasteiger partial charge on any atom is -0.351 e. The van der Waals surface area contributed by atoms with Gasteiger partial charge in [-0.15, -0.1) is 0 Å². The lowest BCUT2D eigenvalue weighted by atomic mass is 10.6. The molecule has 44 valence electrons. The van der Waals surface area contributed by atoms with Crippen LogP contribution in [0.5, 0.6) is 0 Å². The van der Waals surface area contributed by atoms with Gasteiger partial charge in [-0.2, -0.15) is 0 Å². The standard InChI is InChI=1S/C4H6N2OS/c1-2-3(8)6-4(5)7/h2H,1H2,(H3,5,6,7,8). The van der Waals surface area contributed by atoms with E-state index in [4.69, 9.17) is 0 Å². The number of hydrogen-bond acceptors (Lipinski definition) is 2. The van der Waals surface area contributed by atoms with Crippen LogP contribution in [0.2, 0.25) is 0 Å². The lowest BCUT2D eigenvalue weighted by Crippen LogP contribution is -2.32. The monoisotopic (exact) mass is 130 g/mol. The maximum absolute atomic E-state index is 9.94. The molecule has 0 aromatic carbocycles. The Morgan fingerprint density at radius 1 is 1.88 bits per heavy atom. The fourth-order valence-corrected chi connectivity index (χ4v) is 0.273. The van der Waals surface area contributed by atoms with Crippen molar-refractivity contribution in [3.8, 4) is 0 Å². The van der Waals surface area contributed by atoms with Gasteiger partial charge in [-0.05, 0) is 6.08 Å². The van der Waals surface area contributed by atoms with E-state index in [1.54, 1.807) is 0 Å². The Labute approximate surface area is 52.6 Å². The van der Waals surface area contributed by atoms with Crippen molar-refractivity contribution >= 4 is 23.2 Å². The Morgan fingerprint density at radius 3 is 2.50 bits per heavy atom. The Bertz CT molecular complexity index is 132. The molecular weight excluding hydrogens is 124 g/mol. The second-order valence-electron chi connectivity index (χ2n) is 1.06. The summed E-state index contributed by atoms with van der Waals surface area (Å²) in [6, 6.07) is -0.658. The molecule has 0 unspecified atom stereocenters. The molecule has 0 atom stereocenters. The van der Waals surface area contributed by atoms with Gasteiger partial charge < -0.3 is 5.73 Å². The highest BCUT2D eigenvalue weighted by Gasteiger charge is 1.89. The zero-order valence-electron chi connectivity index (χ0n) is 4.18. The molecule has 0 aliphatic heterocycles. The highest BCUT2D eigenvalue weighted by molar-refractivity contribution is 7.80. The highest BCUT2D eigenvalue weighted by atomic mass is 32.1. The van der Waals surface area contributed by atoms with Gasteiger partial charge in [0.25, 0.3) is 0 Å². The predicted octanol–water partition coefficient (Wildman–Crippen LogP) is 0.168. The van der Waals surface area contributed by atoms with Crippen molar-refractivity contribution in [2.75, 3.05) is 0 Å². The summed E-state index contributed by atoms with van der Waals surface area (Å²) in [6.45, 7) is 3.30. The van der Waals surface area contributed by atoms with Crippen LogP contribution in [0.1, 0.15) is 0 Å². The van der Waals surface area contributed by atoms with Gasteiger partial charge in [0.1, 0.15) is 4.99 Å². The van der Waals surface area contributed by atoms with E-state index < -0.39 is 6.03 Å². The van der Waals surface area contributed by atoms with Crippen LogP contribution in [-0.2, 0) is 0 Å². The summed E-state index contributed by atoms with van der Waals surface area (Å²) in [5.41, 5.74) is 4.68. The number of amides is 2. The van der Waals surface area contributed by atoms with E-state index in [1.165, 1.54) is 6.08 Å². The van der Waals surface area contributed by atoms with E-state index in [9.17, 15) is 4.79 Å². The van der Waals surface area contributed by atoms with E-state index in [2.05, 4.69) is 29.8 Å². The Kier molecular flexibility index (Phi) is 2.79. The van der Waals surface area contributed by atoms with Crippen molar-refractivity contribution < 1.29 is 4.79 Å². The van der Waals surface area contributed by atoms with Crippen LogP contribution < -0.4 is 11.1 Å². The van der Waals surface area contributed by atoms with Gasteiger partial charge in [-0.1, -0.05) is 18.8 Å². The number of nitrogens with two attached hydrogens (primary N) is 1. The molecule has 0 heterocycles. The zero-order chi connectivity index (χ0) is 6.57. The molecule has 3 N–H and O–H groups in total. The molecule has 0 rings (SSSR count). The minimum absolute atomic E-state index is 0.248. The van der Waals surface area contributed by atoms with Crippen molar-refractivity contribution in [1.82, 2.24) is 5.32 Å². The van der Waals surface area contributed by atoms with Gasteiger partial charge in [0.2, 0.25) is 0 Å². The third-order valence-corrected chi connectivity index (χ3v) is 0.701. The van der Waals surface area contributed by atoms with Gasteiger partial charge in [-0.3, -0.25) is 5.32 Å². The lowest BCUT2D eigenvalue weighted by molar-refractivity contribution is 0.253. The molecule has 8 heavy (non-hydrogen) atoms. The Balaban J connectivity index is 3.55. The number of primary amides is 1. The molecule has 0 radical (unpaired) electrons. The minimum atomic E-state index is -0.658. The molecule has 3 nitrogen and oxygen atoms in total. The molecule has 0 aliphatic carbocycles. The SMILES string of the molecule is C=CC(=S)NC(N)=O. The number of carbonyl (C=O) groups excluding carboxylic acids is 1. The molecule has 0 aromatic rings. The van der Waals surface area contributed by atoms with Crippen LogP contribution in [0.15, 0.2) is 12.7 Å². The first-order valence-corrected chi connectivity index (χ1v) is 2.30. The molecule has 0 fully saturated rings. The average Bonchev–Trinajstić information content (AvgIpc) is 1.65. The third kappa shape index (κ3) is 3.30. The van der Waals surface area contributed by atoms with Crippen LogP contribution in [0.4, 0.5) is 4.79 Å². The summed E-state index contributed by atoms with van der Waals surface area (Å²) >= 11 is 4.50. The van der Waals surface area contributed by atoms with Crippen molar-refractivity contribution in [2.24, 2.45) is 5.73 Å². The van der Waals surface area contributed by atoms with Gasteiger partial charge >= 0.3 is 6.03 Å². The van der Waals surface area contributed by atoms with E-state index in [0.29, 0.717) is 0 Å². The Hall–Kier alpha value is -0.900. The summed E-state index contributed by atoms with van der Waals surface area (Å²) in [5, 5.41) is 2.14. The predicted molar refractivity (Wildman–Crippen MR) is 35.5 cm³/mol. The second-order valence-corrected chi connectivity index (χ2v) is 1.50. The zero-order valence-corrected chi connectivity index (χ0v) is 4.99. The number of nitrogens with one attached hydrogen (secondary N) is 1. The fourth-order valence-electron chi connectivity index (χ4n) is 0.172. The summed E-state index contributed by atoms with van der Waals surface area (Å²) in [6.07, 6.45) is 1.33. The second kappa shape index (κ2) is 3.15. The molecule has 4 heteroatoms. The highest BCUT2D eigenvalue weighted by Crippen LogP contribution is 1.69. The lowest BCUT2D eigenvalue weighted by Gasteiger charge is -1.93. The summed E-state index contributed by atoms with van der Waals surface area (Å²) in [7, 11) is 0. The number of hydrogen-bond donors (Lipinski definition) is 2. The van der Waals surface area contributed by atoms with E-state index in [0.717, 1.165) is 0 Å². The number of thiocarbonyl (C=S) groups is 1. The summed E-state index contributed by atoms with van der Waals surface area (Å²) in [4.78, 5) is 10.2. The largest absolute Gasteiger partial charge is 0.351 e. The fraction of sp³-hybridized carbons (Fsp3) is 0. The first-order valence-electron chi connectivity index (χ1n) is 1.89. The molecule has 0 aliphatic rings. The first kappa shape index (κ1) is 7.10. The smallest absolute Gasteiger partial charge is 0.317 e. The number of rotatable bonds is 1.